The first-order valence-corrected chi connectivity index (χ1v) is 8.90. The lowest BCUT2D eigenvalue weighted by Gasteiger charge is -2.41. The third kappa shape index (κ3) is 3.79. The van der Waals surface area contributed by atoms with Gasteiger partial charge in [-0.1, -0.05) is 35.8 Å². The Morgan fingerprint density at radius 2 is 2.00 bits per heavy atom. The first-order valence-electron chi connectivity index (χ1n) is 6.66. The van der Waals surface area contributed by atoms with Crippen LogP contribution in [0.15, 0.2) is 27.6 Å². The first kappa shape index (κ1) is 18.9. The van der Waals surface area contributed by atoms with Crippen LogP contribution < -0.4 is 5.73 Å². The van der Waals surface area contributed by atoms with Crippen molar-refractivity contribution in [3.63, 3.8) is 0 Å². The highest BCUT2D eigenvalue weighted by atomic mass is 79.9. The molecule has 1 aromatic carbocycles. The summed E-state index contributed by atoms with van der Waals surface area (Å²) in [5.74, 6) is 0. The molecule has 0 saturated carbocycles. The number of benzene rings is 1. The maximum Gasteiger partial charge on any atom is 0.243 e. The Balaban J connectivity index is 0.00000220. The molecule has 1 saturated heterocycles. The molecule has 1 aliphatic rings. The van der Waals surface area contributed by atoms with Crippen LogP contribution in [0.2, 0.25) is 0 Å². The molecule has 7 heteroatoms. The molecule has 1 aliphatic heterocycles. The molecule has 0 radical (unpaired) electrons. The van der Waals surface area contributed by atoms with Crippen LogP contribution in [0.5, 0.6) is 0 Å². The van der Waals surface area contributed by atoms with Crippen LogP contribution >= 0.6 is 28.3 Å². The number of rotatable bonds is 2. The summed E-state index contributed by atoms with van der Waals surface area (Å²) in [6.45, 7) is 6.81. The SMILES string of the molecule is Cc1ccc(Br)cc1S(=O)(=O)N1CCC(N)C(C)(C)C1.Cl. The monoisotopic (exact) mass is 396 g/mol. The van der Waals surface area contributed by atoms with Gasteiger partial charge in [0.25, 0.3) is 0 Å². The van der Waals surface area contributed by atoms with E-state index < -0.39 is 10.0 Å². The normalized spacial score (nSPS) is 22.6. The minimum Gasteiger partial charge on any atom is -0.327 e. The molecule has 1 unspecified atom stereocenters. The lowest BCUT2D eigenvalue weighted by molar-refractivity contribution is 0.155. The third-order valence-corrected chi connectivity index (χ3v) is 6.53. The molecule has 0 amide bonds. The van der Waals surface area contributed by atoms with Gasteiger partial charge >= 0.3 is 0 Å². The van der Waals surface area contributed by atoms with Crippen molar-refractivity contribution in [3.05, 3.63) is 28.2 Å². The van der Waals surface area contributed by atoms with Gasteiger partial charge in [0.1, 0.15) is 0 Å². The zero-order valence-electron chi connectivity index (χ0n) is 12.5. The Hall–Kier alpha value is -0.140. The summed E-state index contributed by atoms with van der Waals surface area (Å²) in [5, 5.41) is 0. The van der Waals surface area contributed by atoms with Gasteiger partial charge in [0.05, 0.1) is 4.90 Å². The minimum absolute atomic E-state index is 0. The van der Waals surface area contributed by atoms with Gasteiger partial charge in [0, 0.05) is 23.6 Å². The summed E-state index contributed by atoms with van der Waals surface area (Å²) in [5.41, 5.74) is 6.64. The fraction of sp³-hybridized carbons (Fsp3) is 0.571. The second-order valence-electron chi connectivity index (χ2n) is 6.13. The van der Waals surface area contributed by atoms with E-state index in [-0.39, 0.29) is 23.9 Å². The molecule has 0 aromatic heterocycles. The van der Waals surface area contributed by atoms with Crippen LogP contribution in [-0.4, -0.2) is 31.9 Å². The average Bonchev–Trinajstić information content (AvgIpc) is 2.35. The summed E-state index contributed by atoms with van der Waals surface area (Å²) in [7, 11) is -3.46. The second kappa shape index (κ2) is 6.54. The van der Waals surface area contributed by atoms with Gasteiger partial charge < -0.3 is 5.73 Å². The number of piperidine rings is 1. The van der Waals surface area contributed by atoms with E-state index in [1.165, 1.54) is 0 Å². The molecule has 1 fully saturated rings. The number of halogens is 2. The minimum atomic E-state index is -3.46. The lowest BCUT2D eigenvalue weighted by Crippen LogP contribution is -2.53. The fourth-order valence-electron chi connectivity index (χ4n) is 2.52. The van der Waals surface area contributed by atoms with Crippen molar-refractivity contribution in [1.82, 2.24) is 4.31 Å². The largest absolute Gasteiger partial charge is 0.327 e. The molecule has 0 aliphatic carbocycles. The Labute approximate surface area is 141 Å². The highest BCUT2D eigenvalue weighted by molar-refractivity contribution is 9.10. The molecule has 1 aromatic rings. The number of nitrogens with two attached hydrogens (primary N) is 1. The molecule has 21 heavy (non-hydrogen) atoms. The van der Waals surface area contributed by atoms with E-state index in [2.05, 4.69) is 15.9 Å². The number of sulfonamides is 1. The highest BCUT2D eigenvalue weighted by Crippen LogP contribution is 2.32. The summed E-state index contributed by atoms with van der Waals surface area (Å²) in [6, 6.07) is 5.38. The van der Waals surface area contributed by atoms with E-state index >= 15 is 0 Å². The maximum absolute atomic E-state index is 12.8. The van der Waals surface area contributed by atoms with Gasteiger partial charge in [0.2, 0.25) is 10.0 Å². The van der Waals surface area contributed by atoms with Crippen LogP contribution in [0.25, 0.3) is 0 Å². The van der Waals surface area contributed by atoms with Gasteiger partial charge in [-0.2, -0.15) is 4.31 Å². The molecule has 2 rings (SSSR count). The molecule has 2 N–H and O–H groups in total. The summed E-state index contributed by atoms with van der Waals surface area (Å²) < 4.78 is 28.0. The third-order valence-electron chi connectivity index (χ3n) is 4.05. The van der Waals surface area contributed by atoms with Gasteiger partial charge in [-0.05, 0) is 36.5 Å². The summed E-state index contributed by atoms with van der Waals surface area (Å²) in [6.07, 6.45) is 0.694. The molecule has 0 bridgehead atoms. The Kier molecular flexibility index (Phi) is 5.89. The van der Waals surface area contributed by atoms with E-state index in [1.807, 2.05) is 32.9 Å². The molecule has 1 atom stereocenters. The van der Waals surface area contributed by atoms with Crippen molar-refractivity contribution in [3.8, 4) is 0 Å². The van der Waals surface area contributed by atoms with Crippen molar-refractivity contribution < 1.29 is 8.42 Å². The molecule has 120 valence electrons. The van der Waals surface area contributed by atoms with Gasteiger partial charge in [-0.25, -0.2) is 8.42 Å². The average molecular weight is 398 g/mol. The molecule has 4 nitrogen and oxygen atoms in total. The van der Waals surface area contributed by atoms with E-state index in [0.29, 0.717) is 24.4 Å². The summed E-state index contributed by atoms with van der Waals surface area (Å²) >= 11 is 3.34. The summed E-state index contributed by atoms with van der Waals surface area (Å²) in [4.78, 5) is 0.373. The highest BCUT2D eigenvalue weighted by Gasteiger charge is 2.39. The standard InChI is InChI=1S/C14H21BrN2O2S.ClH/c1-10-4-5-11(15)8-12(10)20(18,19)17-7-6-13(16)14(2,3)9-17;/h4-5,8,13H,6-7,9,16H2,1-3H3;1H. The number of hydrogen-bond acceptors (Lipinski definition) is 3. The van der Waals surface area contributed by atoms with Crippen LogP contribution in [0.3, 0.4) is 0 Å². The Bertz CT molecular complexity index is 619. The predicted molar refractivity (Wildman–Crippen MR) is 91.3 cm³/mol. The maximum atomic E-state index is 12.8. The number of hydrogen-bond donors (Lipinski definition) is 1. The van der Waals surface area contributed by atoms with E-state index in [0.717, 1.165) is 10.0 Å². The van der Waals surface area contributed by atoms with E-state index in [4.69, 9.17) is 5.73 Å². The fourth-order valence-corrected chi connectivity index (χ4v) is 4.91. The molecule has 1 heterocycles. The van der Waals surface area contributed by atoms with Crippen LogP contribution in [0.4, 0.5) is 0 Å². The van der Waals surface area contributed by atoms with E-state index in [9.17, 15) is 8.42 Å². The molecular formula is C14H22BrClN2O2S. The van der Waals surface area contributed by atoms with Crippen LogP contribution in [0.1, 0.15) is 25.8 Å². The van der Waals surface area contributed by atoms with Gasteiger partial charge in [0.15, 0.2) is 0 Å². The van der Waals surface area contributed by atoms with Crippen molar-refractivity contribution in [2.24, 2.45) is 11.1 Å². The van der Waals surface area contributed by atoms with E-state index in [1.54, 1.807) is 10.4 Å². The predicted octanol–water partition coefficient (Wildman–Crippen LogP) is 2.93. The Morgan fingerprint density at radius 1 is 1.38 bits per heavy atom. The van der Waals surface area contributed by atoms with Crippen molar-refractivity contribution in [1.29, 1.82) is 0 Å². The van der Waals surface area contributed by atoms with Gasteiger partial charge in [-0.3, -0.25) is 0 Å². The van der Waals surface area contributed by atoms with Gasteiger partial charge in [-0.15, -0.1) is 12.4 Å². The number of nitrogens with zero attached hydrogens (tertiary/aromatic N) is 1. The van der Waals surface area contributed by atoms with Crippen LogP contribution in [0, 0.1) is 12.3 Å². The molecular weight excluding hydrogens is 376 g/mol. The smallest absolute Gasteiger partial charge is 0.243 e. The van der Waals surface area contributed by atoms with Crippen molar-refractivity contribution >= 4 is 38.4 Å². The Morgan fingerprint density at radius 3 is 2.57 bits per heavy atom. The molecule has 0 spiro atoms. The van der Waals surface area contributed by atoms with Crippen molar-refractivity contribution in [2.45, 2.75) is 38.1 Å². The topological polar surface area (TPSA) is 63.4 Å². The van der Waals surface area contributed by atoms with Crippen molar-refractivity contribution in [2.75, 3.05) is 13.1 Å². The zero-order chi connectivity index (χ0) is 15.1. The zero-order valence-corrected chi connectivity index (χ0v) is 15.7. The number of aryl methyl sites for hydroxylation is 1. The quantitative estimate of drug-likeness (QED) is 0.834. The van der Waals surface area contributed by atoms with Crippen LogP contribution in [-0.2, 0) is 10.0 Å². The lowest BCUT2D eigenvalue weighted by atomic mass is 9.81. The first-order chi connectivity index (χ1) is 9.14. The second-order valence-corrected chi connectivity index (χ2v) is 8.95.